The van der Waals surface area contributed by atoms with E-state index in [9.17, 15) is 4.79 Å². The fraction of sp³-hybridized carbons (Fsp3) is 0.391. The van der Waals surface area contributed by atoms with Gasteiger partial charge in [-0.2, -0.15) is 5.10 Å². The van der Waals surface area contributed by atoms with Crippen LogP contribution in [-0.2, 0) is 0 Å². The molecule has 1 aromatic carbocycles. The highest BCUT2D eigenvalue weighted by molar-refractivity contribution is 7.15. The smallest absolute Gasteiger partial charge is 0.274 e. The largest absolute Gasteiger partial charge is 0.497 e. The summed E-state index contributed by atoms with van der Waals surface area (Å²) in [7, 11) is 3.87. The molecular weight excluding hydrogens is 432 g/mol. The maximum atomic E-state index is 13.2. The number of hydrogen-bond acceptors (Lipinski definition) is 5. The first kappa shape index (κ1) is 21.9. The van der Waals surface area contributed by atoms with E-state index in [1.54, 1.807) is 18.4 Å². The van der Waals surface area contributed by atoms with E-state index in [0.717, 1.165) is 36.0 Å². The molecule has 8 heteroatoms. The van der Waals surface area contributed by atoms with Crippen molar-refractivity contribution in [1.29, 1.82) is 0 Å². The van der Waals surface area contributed by atoms with Crippen molar-refractivity contribution in [3.05, 3.63) is 58.6 Å². The molecular formula is C23H27ClN4O2S. The maximum Gasteiger partial charge on any atom is 0.274 e. The second-order valence-electron chi connectivity index (χ2n) is 8.37. The van der Waals surface area contributed by atoms with Crippen molar-refractivity contribution < 1.29 is 9.53 Å². The second-order valence-corrected chi connectivity index (χ2v) is 9.66. The molecule has 0 unspecified atom stereocenters. The lowest BCUT2D eigenvalue weighted by Gasteiger charge is -2.26. The van der Waals surface area contributed by atoms with Gasteiger partial charge in [0.15, 0.2) is 5.69 Å². The van der Waals surface area contributed by atoms with E-state index in [-0.39, 0.29) is 18.3 Å². The Bertz CT molecular complexity index is 1060. The van der Waals surface area contributed by atoms with Crippen LogP contribution >= 0.6 is 23.7 Å². The lowest BCUT2D eigenvalue weighted by atomic mass is 9.89. The number of nitrogens with one attached hydrogen (secondary N) is 1. The number of nitrogens with zero attached hydrogens (tertiary/aromatic N) is 3. The fourth-order valence-electron chi connectivity index (χ4n) is 5.03. The molecule has 164 valence electrons. The van der Waals surface area contributed by atoms with Crippen LogP contribution in [0.3, 0.4) is 0 Å². The molecule has 0 spiro atoms. The molecule has 2 saturated heterocycles. The van der Waals surface area contributed by atoms with Crippen molar-refractivity contribution in [2.45, 2.75) is 13.0 Å². The topological polar surface area (TPSA) is 61.5 Å². The van der Waals surface area contributed by atoms with E-state index >= 15 is 0 Å². The summed E-state index contributed by atoms with van der Waals surface area (Å²) in [5.41, 5.74) is 2.70. The zero-order valence-corrected chi connectivity index (χ0v) is 19.5. The van der Waals surface area contributed by atoms with Crippen LogP contribution in [0.1, 0.15) is 27.0 Å². The SMILES string of the molecule is COc1ccc([C@H]2[C@@H]3CN(C(=O)c4cc(-c5ccc(C)s5)[nH]n4)C[C@@H]3CN2C)cc1.Cl. The quantitative estimate of drug-likeness (QED) is 0.634. The van der Waals surface area contributed by atoms with Gasteiger partial charge in [-0.05, 0) is 55.8 Å². The number of methoxy groups -OCH3 is 1. The summed E-state index contributed by atoms with van der Waals surface area (Å²) in [6.07, 6.45) is 0. The molecule has 1 amide bonds. The second kappa shape index (κ2) is 8.65. The third-order valence-corrected chi connectivity index (χ3v) is 7.48. The Morgan fingerprint density at radius 1 is 1.16 bits per heavy atom. The van der Waals surface area contributed by atoms with E-state index in [1.807, 2.05) is 23.1 Å². The molecule has 2 aliphatic heterocycles. The van der Waals surface area contributed by atoms with Gasteiger partial charge >= 0.3 is 0 Å². The first-order valence-electron chi connectivity index (χ1n) is 10.3. The van der Waals surface area contributed by atoms with Gasteiger partial charge in [0, 0.05) is 36.5 Å². The zero-order chi connectivity index (χ0) is 20.8. The number of carbonyl (C=O) groups is 1. The number of likely N-dealkylation sites (tertiary alicyclic amines) is 2. The van der Waals surface area contributed by atoms with Gasteiger partial charge in [-0.25, -0.2) is 0 Å². The van der Waals surface area contributed by atoms with Crippen LogP contribution in [0.25, 0.3) is 10.6 Å². The molecule has 3 atom stereocenters. The Morgan fingerprint density at radius 2 is 1.94 bits per heavy atom. The molecule has 4 heterocycles. The number of rotatable bonds is 4. The number of ether oxygens (including phenoxy) is 1. The minimum atomic E-state index is 0. The maximum absolute atomic E-state index is 13.2. The highest BCUT2D eigenvalue weighted by atomic mass is 35.5. The highest BCUT2D eigenvalue weighted by Gasteiger charge is 2.47. The van der Waals surface area contributed by atoms with E-state index < -0.39 is 0 Å². The molecule has 2 aliphatic rings. The van der Waals surface area contributed by atoms with Crippen molar-refractivity contribution in [3.8, 4) is 16.3 Å². The minimum Gasteiger partial charge on any atom is -0.497 e. The van der Waals surface area contributed by atoms with Crippen LogP contribution in [-0.4, -0.2) is 59.7 Å². The third kappa shape index (κ3) is 3.97. The number of aromatic amines is 1. The molecule has 0 saturated carbocycles. The van der Waals surface area contributed by atoms with Crippen molar-refractivity contribution in [2.75, 3.05) is 33.8 Å². The Labute approximate surface area is 192 Å². The molecule has 2 fully saturated rings. The summed E-state index contributed by atoms with van der Waals surface area (Å²) >= 11 is 1.70. The third-order valence-electron chi connectivity index (χ3n) is 6.44. The summed E-state index contributed by atoms with van der Waals surface area (Å²) in [6, 6.07) is 14.7. The number of amides is 1. The highest BCUT2D eigenvalue weighted by Crippen LogP contribution is 2.44. The Balaban J connectivity index is 0.00000231. The van der Waals surface area contributed by atoms with Crippen LogP contribution < -0.4 is 4.74 Å². The summed E-state index contributed by atoms with van der Waals surface area (Å²) in [4.78, 5) is 19.9. The average Bonchev–Trinajstić information content (AvgIpc) is 3.51. The average molecular weight is 459 g/mol. The molecule has 0 bridgehead atoms. The molecule has 6 nitrogen and oxygen atoms in total. The first-order chi connectivity index (χ1) is 14.5. The van der Waals surface area contributed by atoms with Crippen LogP contribution in [0.15, 0.2) is 42.5 Å². The summed E-state index contributed by atoms with van der Waals surface area (Å²) in [5, 5.41) is 7.35. The number of hydrogen-bond donors (Lipinski definition) is 1. The van der Waals surface area contributed by atoms with Crippen molar-refractivity contribution >= 4 is 29.7 Å². The number of aromatic nitrogens is 2. The van der Waals surface area contributed by atoms with Crippen LogP contribution in [0, 0.1) is 18.8 Å². The summed E-state index contributed by atoms with van der Waals surface area (Å²) in [6.45, 7) is 4.65. The van der Waals surface area contributed by atoms with Crippen molar-refractivity contribution in [1.82, 2.24) is 20.0 Å². The van der Waals surface area contributed by atoms with Crippen LogP contribution in [0.2, 0.25) is 0 Å². The molecule has 0 aliphatic carbocycles. The Hall–Kier alpha value is -2.35. The summed E-state index contributed by atoms with van der Waals surface area (Å²) < 4.78 is 5.30. The molecule has 3 aromatic rings. The number of benzene rings is 1. The van der Waals surface area contributed by atoms with Gasteiger partial charge in [0.1, 0.15) is 5.75 Å². The normalized spacial score (nSPS) is 22.9. The number of halogens is 1. The molecule has 2 aromatic heterocycles. The lowest BCUT2D eigenvalue weighted by Crippen LogP contribution is -2.33. The zero-order valence-electron chi connectivity index (χ0n) is 17.9. The van der Waals surface area contributed by atoms with E-state index in [0.29, 0.717) is 23.6 Å². The predicted molar refractivity (Wildman–Crippen MR) is 125 cm³/mol. The van der Waals surface area contributed by atoms with E-state index in [2.05, 4.69) is 53.3 Å². The molecule has 1 N–H and O–H groups in total. The Kier molecular flexibility index (Phi) is 6.10. The Morgan fingerprint density at radius 3 is 2.61 bits per heavy atom. The standard InChI is InChI=1S/C23H26N4O2S.ClH/c1-14-4-9-21(30-14)19-10-20(25-24-19)23(28)27-12-16-11-26(2)22(18(16)13-27)15-5-7-17(29-3)8-6-15;/h4-10,16,18,22H,11-13H2,1-3H3,(H,24,25);1H/t16-,18+,22-;/m0./s1. The number of H-pyrrole nitrogens is 1. The van der Waals surface area contributed by atoms with Crippen LogP contribution in [0.5, 0.6) is 5.75 Å². The summed E-state index contributed by atoms with van der Waals surface area (Å²) in [5.74, 6) is 1.82. The monoisotopic (exact) mass is 458 g/mol. The first-order valence-corrected chi connectivity index (χ1v) is 11.1. The van der Waals surface area contributed by atoms with Gasteiger partial charge in [-0.3, -0.25) is 14.8 Å². The number of fused-ring (bicyclic) bond motifs is 1. The molecule has 31 heavy (non-hydrogen) atoms. The van der Waals surface area contributed by atoms with Gasteiger partial charge in [0.2, 0.25) is 0 Å². The van der Waals surface area contributed by atoms with Crippen molar-refractivity contribution in [2.24, 2.45) is 11.8 Å². The lowest BCUT2D eigenvalue weighted by molar-refractivity contribution is 0.0762. The van der Waals surface area contributed by atoms with Gasteiger partial charge < -0.3 is 9.64 Å². The number of aryl methyl sites for hydroxylation is 1. The number of thiophene rings is 1. The van der Waals surface area contributed by atoms with Crippen LogP contribution in [0.4, 0.5) is 0 Å². The van der Waals surface area contributed by atoms with Gasteiger partial charge in [0.25, 0.3) is 5.91 Å². The van der Waals surface area contributed by atoms with E-state index in [4.69, 9.17) is 4.74 Å². The van der Waals surface area contributed by atoms with Crippen molar-refractivity contribution in [3.63, 3.8) is 0 Å². The van der Waals surface area contributed by atoms with E-state index in [1.165, 1.54) is 10.4 Å². The minimum absolute atomic E-state index is 0. The fourth-order valence-corrected chi connectivity index (χ4v) is 5.86. The van der Waals surface area contributed by atoms with Gasteiger partial charge in [0.05, 0.1) is 17.7 Å². The van der Waals surface area contributed by atoms with Gasteiger partial charge in [-0.1, -0.05) is 12.1 Å². The predicted octanol–water partition coefficient (Wildman–Crippen LogP) is 4.25. The number of carbonyl (C=O) groups excluding carboxylic acids is 1. The van der Waals surface area contributed by atoms with Gasteiger partial charge in [-0.15, -0.1) is 23.7 Å². The molecule has 5 rings (SSSR count). The molecule has 0 radical (unpaired) electrons.